The number of aromatic nitrogens is 1. The van der Waals surface area contributed by atoms with Crippen molar-refractivity contribution < 1.29 is 13.2 Å². The molecule has 0 aliphatic rings. The number of sulfonamides is 1. The predicted octanol–water partition coefficient (Wildman–Crippen LogP) is 0.146. The highest BCUT2D eigenvalue weighted by atomic mass is 127. The molecule has 0 bridgehead atoms. The first kappa shape index (κ1) is 10.5. The van der Waals surface area contributed by atoms with Gasteiger partial charge in [0, 0.05) is 6.20 Å². The monoisotopic (exact) mass is 312 g/mol. The van der Waals surface area contributed by atoms with Crippen LogP contribution in [0.3, 0.4) is 0 Å². The lowest BCUT2D eigenvalue weighted by atomic mass is 10.3. The lowest BCUT2D eigenvalue weighted by molar-refractivity contribution is 0.112. The van der Waals surface area contributed by atoms with Crippen LogP contribution in [0.25, 0.3) is 0 Å². The van der Waals surface area contributed by atoms with E-state index in [0.29, 0.717) is 9.99 Å². The molecule has 1 rings (SSSR count). The van der Waals surface area contributed by atoms with Gasteiger partial charge in [-0.25, -0.2) is 18.5 Å². The summed E-state index contributed by atoms with van der Waals surface area (Å²) in [6.07, 6.45) is 1.58. The molecule has 0 radical (unpaired) electrons. The van der Waals surface area contributed by atoms with Crippen LogP contribution in [0.4, 0.5) is 0 Å². The Hall–Kier alpha value is -0.540. The molecule has 0 saturated carbocycles. The topological polar surface area (TPSA) is 90.1 Å². The lowest BCUT2D eigenvalue weighted by Crippen LogP contribution is -2.15. The van der Waals surface area contributed by atoms with Crippen LogP contribution in [0.1, 0.15) is 10.4 Å². The number of carbonyl (C=O) groups excluding carboxylic acids is 1. The molecule has 0 amide bonds. The quantitative estimate of drug-likeness (QED) is 0.478. The van der Waals surface area contributed by atoms with Crippen molar-refractivity contribution in [3.8, 4) is 0 Å². The van der Waals surface area contributed by atoms with Crippen LogP contribution >= 0.6 is 22.6 Å². The lowest BCUT2D eigenvalue weighted by Gasteiger charge is -2.00. The number of nitrogens with zero attached hydrogens (tertiary/aromatic N) is 1. The fourth-order valence-corrected chi connectivity index (χ4v) is 2.13. The molecule has 0 aliphatic heterocycles. The molecule has 2 N–H and O–H groups in total. The van der Waals surface area contributed by atoms with Gasteiger partial charge in [-0.1, -0.05) is 0 Å². The molecule has 13 heavy (non-hydrogen) atoms. The Morgan fingerprint density at radius 1 is 1.54 bits per heavy atom. The Kier molecular flexibility index (Phi) is 2.98. The second-order valence-electron chi connectivity index (χ2n) is 2.21. The maximum absolute atomic E-state index is 11.0. The number of halogens is 1. The van der Waals surface area contributed by atoms with E-state index in [9.17, 15) is 13.2 Å². The molecule has 0 aliphatic carbocycles. The Morgan fingerprint density at radius 3 is 2.62 bits per heavy atom. The molecule has 1 aromatic rings. The van der Waals surface area contributed by atoms with E-state index in [2.05, 4.69) is 4.98 Å². The number of primary sulfonamides is 1. The SMILES string of the molecule is NS(=O)(=O)c1cc(I)ncc1C=O. The van der Waals surface area contributed by atoms with E-state index >= 15 is 0 Å². The van der Waals surface area contributed by atoms with Crippen LogP contribution in [0.15, 0.2) is 17.2 Å². The second kappa shape index (κ2) is 3.68. The molecule has 0 aromatic carbocycles. The standard InChI is InChI=1S/C6H5IN2O3S/c7-6-1-5(13(8,11)12)4(3-10)2-9-6/h1-3H,(H2,8,11,12). The minimum absolute atomic E-state index is 0.0251. The summed E-state index contributed by atoms with van der Waals surface area (Å²) in [5.74, 6) is 0. The molecule has 70 valence electrons. The minimum atomic E-state index is -3.84. The maximum atomic E-state index is 11.0. The van der Waals surface area contributed by atoms with Gasteiger partial charge in [-0.15, -0.1) is 0 Å². The van der Waals surface area contributed by atoms with E-state index in [1.807, 2.05) is 22.6 Å². The van der Waals surface area contributed by atoms with E-state index in [1.54, 1.807) is 0 Å². The molecule has 5 nitrogen and oxygen atoms in total. The third-order valence-electron chi connectivity index (χ3n) is 1.30. The summed E-state index contributed by atoms with van der Waals surface area (Å²) in [6.45, 7) is 0. The fraction of sp³-hybridized carbons (Fsp3) is 0. The normalized spacial score (nSPS) is 11.2. The average Bonchev–Trinajstić information content (AvgIpc) is 2.03. The van der Waals surface area contributed by atoms with Crippen molar-refractivity contribution in [3.05, 3.63) is 21.5 Å². The van der Waals surface area contributed by atoms with Crippen molar-refractivity contribution >= 4 is 38.9 Å². The summed E-state index contributed by atoms with van der Waals surface area (Å²) < 4.78 is 22.4. The smallest absolute Gasteiger partial charge is 0.238 e. The van der Waals surface area contributed by atoms with Gasteiger partial charge in [-0.05, 0) is 28.7 Å². The average molecular weight is 312 g/mol. The molecule has 0 atom stereocenters. The highest BCUT2D eigenvalue weighted by molar-refractivity contribution is 14.1. The van der Waals surface area contributed by atoms with E-state index in [0.717, 1.165) is 0 Å². The Balaban J connectivity index is 3.50. The second-order valence-corrected chi connectivity index (χ2v) is 4.84. The van der Waals surface area contributed by atoms with Crippen LogP contribution in [0.2, 0.25) is 0 Å². The van der Waals surface area contributed by atoms with Gasteiger partial charge in [-0.2, -0.15) is 0 Å². The van der Waals surface area contributed by atoms with Crippen molar-refractivity contribution in [1.82, 2.24) is 4.98 Å². The number of hydrogen-bond acceptors (Lipinski definition) is 4. The highest BCUT2D eigenvalue weighted by Crippen LogP contribution is 2.13. The summed E-state index contributed by atoms with van der Waals surface area (Å²) in [5.41, 5.74) is -0.0251. The minimum Gasteiger partial charge on any atom is -0.298 e. The number of pyridine rings is 1. The number of carbonyl (C=O) groups is 1. The summed E-state index contributed by atoms with van der Waals surface area (Å²) in [7, 11) is -3.84. The Morgan fingerprint density at radius 2 is 2.15 bits per heavy atom. The summed E-state index contributed by atoms with van der Waals surface area (Å²) in [6, 6.07) is 1.25. The van der Waals surface area contributed by atoms with Crippen molar-refractivity contribution in [1.29, 1.82) is 0 Å². The Labute approximate surface area is 88.5 Å². The molecule has 7 heteroatoms. The van der Waals surface area contributed by atoms with Crippen molar-refractivity contribution in [2.24, 2.45) is 5.14 Å². The van der Waals surface area contributed by atoms with Crippen molar-refractivity contribution in [2.75, 3.05) is 0 Å². The number of rotatable bonds is 2. The van der Waals surface area contributed by atoms with E-state index in [4.69, 9.17) is 5.14 Å². The van der Waals surface area contributed by atoms with Gasteiger partial charge in [0.25, 0.3) is 0 Å². The molecule has 0 fully saturated rings. The third-order valence-corrected chi connectivity index (χ3v) is 2.85. The van der Waals surface area contributed by atoms with Crippen LogP contribution in [-0.4, -0.2) is 19.7 Å². The molecular weight excluding hydrogens is 307 g/mol. The van der Waals surface area contributed by atoms with E-state index in [-0.39, 0.29) is 10.5 Å². The van der Waals surface area contributed by atoms with Crippen molar-refractivity contribution in [2.45, 2.75) is 4.90 Å². The first-order chi connectivity index (χ1) is 5.95. The van der Waals surface area contributed by atoms with Gasteiger partial charge in [0.2, 0.25) is 10.0 Å². The molecule has 1 aromatic heterocycles. The van der Waals surface area contributed by atoms with Gasteiger partial charge in [0.05, 0.1) is 10.5 Å². The summed E-state index contributed by atoms with van der Waals surface area (Å²) >= 11 is 1.83. The largest absolute Gasteiger partial charge is 0.298 e. The third kappa shape index (κ3) is 2.45. The predicted molar refractivity (Wildman–Crippen MR) is 53.7 cm³/mol. The van der Waals surface area contributed by atoms with Crippen LogP contribution < -0.4 is 5.14 Å². The zero-order valence-electron chi connectivity index (χ0n) is 6.27. The zero-order valence-corrected chi connectivity index (χ0v) is 9.24. The fourth-order valence-electron chi connectivity index (χ4n) is 0.759. The first-order valence-corrected chi connectivity index (χ1v) is 5.71. The summed E-state index contributed by atoms with van der Waals surface area (Å²) in [5, 5.41) is 4.88. The van der Waals surface area contributed by atoms with E-state index in [1.165, 1.54) is 12.3 Å². The van der Waals surface area contributed by atoms with Gasteiger partial charge in [0.1, 0.15) is 3.70 Å². The molecular formula is C6H5IN2O3S. The van der Waals surface area contributed by atoms with Gasteiger partial charge in [0.15, 0.2) is 6.29 Å². The van der Waals surface area contributed by atoms with Gasteiger partial charge in [-0.3, -0.25) is 4.79 Å². The summed E-state index contributed by atoms with van der Waals surface area (Å²) in [4.78, 5) is 14.0. The van der Waals surface area contributed by atoms with Gasteiger partial charge < -0.3 is 0 Å². The number of hydrogen-bond donors (Lipinski definition) is 1. The molecule has 0 saturated heterocycles. The number of nitrogens with two attached hydrogens (primary N) is 1. The van der Waals surface area contributed by atoms with Crippen LogP contribution in [0.5, 0.6) is 0 Å². The molecule has 0 spiro atoms. The van der Waals surface area contributed by atoms with Crippen LogP contribution in [-0.2, 0) is 10.0 Å². The molecule has 0 unspecified atom stereocenters. The van der Waals surface area contributed by atoms with Gasteiger partial charge >= 0.3 is 0 Å². The van der Waals surface area contributed by atoms with E-state index < -0.39 is 10.0 Å². The number of aldehydes is 1. The zero-order chi connectivity index (χ0) is 10.1. The van der Waals surface area contributed by atoms with Crippen LogP contribution in [0, 0.1) is 3.70 Å². The highest BCUT2D eigenvalue weighted by Gasteiger charge is 2.14. The molecule has 1 heterocycles. The Bertz CT molecular complexity index is 443. The van der Waals surface area contributed by atoms with Crippen molar-refractivity contribution in [3.63, 3.8) is 0 Å². The maximum Gasteiger partial charge on any atom is 0.238 e. The first-order valence-electron chi connectivity index (χ1n) is 3.08.